The van der Waals surface area contributed by atoms with Crippen LogP contribution >= 0.6 is 0 Å². The van der Waals surface area contributed by atoms with Crippen LogP contribution in [-0.2, 0) is 26.0 Å². The van der Waals surface area contributed by atoms with Crippen LogP contribution in [0.2, 0.25) is 0 Å². The molecule has 0 aliphatic rings. The summed E-state index contributed by atoms with van der Waals surface area (Å²) in [5, 5.41) is 0. The summed E-state index contributed by atoms with van der Waals surface area (Å²) >= 11 is 0. The van der Waals surface area contributed by atoms with Crippen molar-refractivity contribution in [1.82, 2.24) is 0 Å². The van der Waals surface area contributed by atoms with Crippen molar-refractivity contribution in [1.29, 1.82) is 0 Å². The number of aryl methyl sites for hydroxylation is 2. The van der Waals surface area contributed by atoms with Gasteiger partial charge >= 0.3 is 5.97 Å². The van der Waals surface area contributed by atoms with Gasteiger partial charge in [0.25, 0.3) is 10.0 Å². The number of carbonyl (C=O) groups excluding carboxylic acids is 1. The SMILES string of the molecule is CCOC(=O)COc1ccc(S(=O)(=O)Nc2c(C)cccc2CC)cc1. The fourth-order valence-corrected chi connectivity index (χ4v) is 3.60. The number of rotatable bonds is 8. The number of anilines is 1. The lowest BCUT2D eigenvalue weighted by atomic mass is 10.1. The average molecular weight is 377 g/mol. The third-order valence-electron chi connectivity index (χ3n) is 3.77. The topological polar surface area (TPSA) is 81.7 Å². The van der Waals surface area contributed by atoms with E-state index in [4.69, 9.17) is 9.47 Å². The predicted molar refractivity (Wildman–Crippen MR) is 99.9 cm³/mol. The number of carbonyl (C=O) groups is 1. The van der Waals surface area contributed by atoms with Crippen LogP contribution in [0.25, 0.3) is 0 Å². The van der Waals surface area contributed by atoms with Gasteiger partial charge in [0.15, 0.2) is 6.61 Å². The Morgan fingerprint density at radius 2 is 1.77 bits per heavy atom. The molecule has 2 rings (SSSR count). The maximum absolute atomic E-state index is 12.7. The molecule has 0 radical (unpaired) electrons. The van der Waals surface area contributed by atoms with Gasteiger partial charge in [-0.25, -0.2) is 13.2 Å². The zero-order valence-electron chi connectivity index (χ0n) is 15.1. The van der Waals surface area contributed by atoms with Crippen LogP contribution < -0.4 is 9.46 Å². The first-order valence-corrected chi connectivity index (χ1v) is 9.85. The fraction of sp³-hybridized carbons (Fsp3) is 0.316. The lowest BCUT2D eigenvalue weighted by Gasteiger charge is -2.14. The van der Waals surface area contributed by atoms with Crippen molar-refractivity contribution in [2.75, 3.05) is 17.9 Å². The number of sulfonamides is 1. The molecule has 0 unspecified atom stereocenters. The second kappa shape index (κ2) is 8.71. The highest BCUT2D eigenvalue weighted by atomic mass is 32.2. The quantitative estimate of drug-likeness (QED) is 0.714. The van der Waals surface area contributed by atoms with Crippen LogP contribution in [-0.4, -0.2) is 27.6 Å². The third-order valence-corrected chi connectivity index (χ3v) is 5.14. The van der Waals surface area contributed by atoms with Crippen LogP contribution in [0.15, 0.2) is 47.4 Å². The Balaban J connectivity index is 2.14. The molecule has 6 nitrogen and oxygen atoms in total. The molecule has 0 atom stereocenters. The van der Waals surface area contributed by atoms with Crippen molar-refractivity contribution < 1.29 is 22.7 Å². The van der Waals surface area contributed by atoms with Gasteiger partial charge in [-0.15, -0.1) is 0 Å². The number of ether oxygens (including phenoxy) is 2. The standard InChI is InChI=1S/C19H23NO5S/c1-4-15-8-6-7-14(3)19(15)20-26(22,23)17-11-9-16(10-12-17)25-13-18(21)24-5-2/h6-12,20H,4-5,13H2,1-3H3. The zero-order chi connectivity index (χ0) is 19.2. The van der Waals surface area contributed by atoms with Crippen LogP contribution in [0, 0.1) is 6.92 Å². The summed E-state index contributed by atoms with van der Waals surface area (Å²) in [6, 6.07) is 11.6. The molecular weight excluding hydrogens is 354 g/mol. The lowest BCUT2D eigenvalue weighted by molar-refractivity contribution is -0.145. The van der Waals surface area contributed by atoms with Gasteiger partial charge < -0.3 is 9.47 Å². The van der Waals surface area contributed by atoms with E-state index in [9.17, 15) is 13.2 Å². The summed E-state index contributed by atoms with van der Waals surface area (Å²) in [6.07, 6.45) is 0.722. The van der Waals surface area contributed by atoms with E-state index in [-0.39, 0.29) is 18.1 Å². The molecule has 0 saturated carbocycles. The molecule has 2 aromatic carbocycles. The molecule has 140 valence electrons. The van der Waals surface area contributed by atoms with Gasteiger partial charge in [0.05, 0.1) is 17.2 Å². The molecule has 0 bridgehead atoms. The van der Waals surface area contributed by atoms with E-state index < -0.39 is 16.0 Å². The van der Waals surface area contributed by atoms with E-state index in [0.29, 0.717) is 11.4 Å². The number of nitrogens with one attached hydrogen (secondary N) is 1. The summed E-state index contributed by atoms with van der Waals surface area (Å²) in [5.74, 6) is -0.0837. The molecule has 2 aromatic rings. The molecule has 0 amide bonds. The molecular formula is C19H23NO5S. The van der Waals surface area contributed by atoms with E-state index in [1.165, 1.54) is 24.3 Å². The minimum atomic E-state index is -3.72. The molecule has 26 heavy (non-hydrogen) atoms. The number of esters is 1. The predicted octanol–water partition coefficient (Wildman–Crippen LogP) is 3.30. The molecule has 0 aliphatic heterocycles. The molecule has 0 fully saturated rings. The summed E-state index contributed by atoms with van der Waals surface area (Å²) in [4.78, 5) is 11.4. The monoisotopic (exact) mass is 377 g/mol. The number of hydrogen-bond acceptors (Lipinski definition) is 5. The molecule has 0 saturated heterocycles. The first-order chi connectivity index (χ1) is 12.4. The van der Waals surface area contributed by atoms with Crippen LogP contribution in [0.5, 0.6) is 5.75 Å². The number of para-hydroxylation sites is 1. The summed E-state index contributed by atoms with van der Waals surface area (Å²) in [5.41, 5.74) is 2.41. The van der Waals surface area contributed by atoms with Crippen molar-refractivity contribution in [3.8, 4) is 5.75 Å². The molecule has 0 spiro atoms. The van der Waals surface area contributed by atoms with Crippen molar-refractivity contribution >= 4 is 21.7 Å². The Morgan fingerprint density at radius 1 is 1.08 bits per heavy atom. The summed E-state index contributed by atoms with van der Waals surface area (Å²) in [7, 11) is -3.72. The molecule has 0 heterocycles. The first-order valence-electron chi connectivity index (χ1n) is 8.37. The van der Waals surface area contributed by atoms with Crippen molar-refractivity contribution in [3.63, 3.8) is 0 Å². The fourth-order valence-electron chi connectivity index (χ4n) is 2.42. The van der Waals surface area contributed by atoms with Crippen LogP contribution in [0.1, 0.15) is 25.0 Å². The van der Waals surface area contributed by atoms with E-state index in [0.717, 1.165) is 17.5 Å². The largest absolute Gasteiger partial charge is 0.482 e. The van der Waals surface area contributed by atoms with Gasteiger partial charge in [-0.3, -0.25) is 4.72 Å². The number of hydrogen-bond donors (Lipinski definition) is 1. The second-order valence-electron chi connectivity index (χ2n) is 5.63. The van der Waals surface area contributed by atoms with Crippen molar-refractivity contribution in [2.45, 2.75) is 32.1 Å². The normalized spacial score (nSPS) is 11.0. The average Bonchev–Trinajstić information content (AvgIpc) is 2.62. The zero-order valence-corrected chi connectivity index (χ0v) is 15.9. The highest BCUT2D eigenvalue weighted by Crippen LogP contribution is 2.25. The highest BCUT2D eigenvalue weighted by Gasteiger charge is 2.17. The van der Waals surface area contributed by atoms with Crippen molar-refractivity contribution in [2.24, 2.45) is 0 Å². The van der Waals surface area contributed by atoms with E-state index in [1.54, 1.807) is 6.92 Å². The van der Waals surface area contributed by atoms with Gasteiger partial charge in [0.1, 0.15) is 5.75 Å². The Bertz CT molecular complexity index is 860. The molecule has 0 aliphatic carbocycles. The molecule has 1 N–H and O–H groups in total. The maximum Gasteiger partial charge on any atom is 0.344 e. The highest BCUT2D eigenvalue weighted by molar-refractivity contribution is 7.92. The number of benzene rings is 2. The lowest BCUT2D eigenvalue weighted by Crippen LogP contribution is -2.16. The van der Waals surface area contributed by atoms with Gasteiger partial charge in [0, 0.05) is 0 Å². The minimum absolute atomic E-state index is 0.117. The van der Waals surface area contributed by atoms with Gasteiger partial charge in [-0.05, 0) is 55.7 Å². The minimum Gasteiger partial charge on any atom is -0.482 e. The molecule has 0 aromatic heterocycles. The Morgan fingerprint density at radius 3 is 2.38 bits per heavy atom. The maximum atomic E-state index is 12.7. The van der Waals surface area contributed by atoms with Crippen LogP contribution in [0.3, 0.4) is 0 Å². The van der Waals surface area contributed by atoms with E-state index in [1.807, 2.05) is 32.0 Å². The summed E-state index contributed by atoms with van der Waals surface area (Å²) in [6.45, 7) is 5.61. The third kappa shape index (κ3) is 4.98. The second-order valence-corrected chi connectivity index (χ2v) is 7.32. The van der Waals surface area contributed by atoms with Gasteiger partial charge in [-0.1, -0.05) is 25.1 Å². The first kappa shape index (κ1) is 19.8. The van der Waals surface area contributed by atoms with Gasteiger partial charge in [0.2, 0.25) is 0 Å². The van der Waals surface area contributed by atoms with E-state index in [2.05, 4.69) is 4.72 Å². The Labute approximate surface area is 154 Å². The Kier molecular flexibility index (Phi) is 6.63. The summed E-state index contributed by atoms with van der Waals surface area (Å²) < 4.78 is 38.0. The van der Waals surface area contributed by atoms with E-state index >= 15 is 0 Å². The smallest absolute Gasteiger partial charge is 0.344 e. The Hall–Kier alpha value is -2.54. The van der Waals surface area contributed by atoms with Crippen LogP contribution in [0.4, 0.5) is 5.69 Å². The van der Waals surface area contributed by atoms with Crippen molar-refractivity contribution in [3.05, 3.63) is 53.6 Å². The molecule has 7 heteroatoms. The van der Waals surface area contributed by atoms with Gasteiger partial charge in [-0.2, -0.15) is 0 Å².